The number of carbonyl (C=O) groups is 1. The molecule has 1 aliphatic heterocycles. The molecule has 0 radical (unpaired) electrons. The van der Waals surface area contributed by atoms with Gasteiger partial charge in [0.25, 0.3) is 5.91 Å². The van der Waals surface area contributed by atoms with Crippen molar-refractivity contribution in [3.05, 3.63) is 70.1 Å². The molecule has 1 aromatic carbocycles. The van der Waals surface area contributed by atoms with Crippen LogP contribution in [0.5, 0.6) is 0 Å². The topological polar surface area (TPSA) is 73.9 Å². The molecule has 1 aliphatic rings. The van der Waals surface area contributed by atoms with Crippen LogP contribution in [0.25, 0.3) is 10.9 Å². The lowest BCUT2D eigenvalue weighted by Crippen LogP contribution is -2.39. The average Bonchev–Trinajstić information content (AvgIpc) is 3.40. The van der Waals surface area contributed by atoms with Crippen molar-refractivity contribution < 1.29 is 4.79 Å². The monoisotopic (exact) mass is 445 g/mol. The first kappa shape index (κ1) is 20.7. The van der Waals surface area contributed by atoms with Crippen LogP contribution in [0, 0.1) is 20.8 Å². The number of rotatable bonds is 4. The van der Waals surface area contributed by atoms with E-state index >= 15 is 0 Å². The quantitative estimate of drug-likeness (QED) is 0.422. The Morgan fingerprint density at radius 1 is 1.22 bits per heavy atom. The Labute approximate surface area is 191 Å². The van der Waals surface area contributed by atoms with Crippen LogP contribution in [0.2, 0.25) is 0 Å². The van der Waals surface area contributed by atoms with E-state index in [-0.39, 0.29) is 11.8 Å². The molecule has 1 saturated heterocycles. The predicted octanol–water partition coefficient (Wildman–Crippen LogP) is 5.71. The molecule has 1 fully saturated rings. The van der Waals surface area contributed by atoms with Crippen LogP contribution < -0.4 is 5.32 Å². The number of benzene rings is 1. The molecule has 7 heteroatoms. The summed E-state index contributed by atoms with van der Waals surface area (Å²) in [5.41, 5.74) is 5.84. The maximum absolute atomic E-state index is 13.3. The van der Waals surface area contributed by atoms with Gasteiger partial charge in [0.05, 0.1) is 0 Å². The molecule has 3 aromatic heterocycles. The number of pyridine rings is 1. The molecule has 0 bridgehead atoms. The zero-order valence-corrected chi connectivity index (χ0v) is 19.4. The van der Waals surface area contributed by atoms with Gasteiger partial charge in [0.1, 0.15) is 5.69 Å². The Balaban J connectivity index is 1.36. The van der Waals surface area contributed by atoms with Crippen LogP contribution in [0.1, 0.15) is 51.1 Å². The van der Waals surface area contributed by atoms with E-state index in [0.29, 0.717) is 12.2 Å². The number of aromatic amines is 1. The summed E-state index contributed by atoms with van der Waals surface area (Å²) in [6, 6.07) is 12.2. The number of piperidine rings is 1. The fourth-order valence-electron chi connectivity index (χ4n) is 4.51. The van der Waals surface area contributed by atoms with Gasteiger partial charge < -0.3 is 15.2 Å². The van der Waals surface area contributed by atoms with Crippen molar-refractivity contribution in [1.29, 1.82) is 0 Å². The van der Waals surface area contributed by atoms with Gasteiger partial charge in [-0.2, -0.15) is 0 Å². The zero-order valence-electron chi connectivity index (χ0n) is 18.6. The minimum Gasteiger partial charge on any atom is -0.351 e. The molecule has 2 N–H and O–H groups in total. The number of H-pyrrole nitrogens is 1. The Morgan fingerprint density at radius 2 is 2.09 bits per heavy atom. The first-order chi connectivity index (χ1) is 15.5. The Hall–Kier alpha value is -3.19. The van der Waals surface area contributed by atoms with Crippen molar-refractivity contribution in [1.82, 2.24) is 19.9 Å². The molecule has 0 unspecified atom stereocenters. The third-order valence-electron chi connectivity index (χ3n) is 6.09. The molecule has 4 aromatic rings. The third-order valence-corrected chi connectivity index (χ3v) is 6.91. The number of nitrogens with one attached hydrogen (secondary N) is 2. The van der Waals surface area contributed by atoms with Crippen molar-refractivity contribution in [3.8, 4) is 0 Å². The van der Waals surface area contributed by atoms with E-state index in [2.05, 4.69) is 34.3 Å². The fraction of sp³-hybridized carbons (Fsp3) is 0.320. The SMILES string of the molecule is Cc1cc(Nc2ncc(C)s2)cc([C@H]2CCCN(C(=O)c3cc4c(C)cccc4[nH]3)C2)n1. The van der Waals surface area contributed by atoms with Gasteiger partial charge in [-0.25, -0.2) is 4.98 Å². The number of hydrogen-bond acceptors (Lipinski definition) is 5. The van der Waals surface area contributed by atoms with E-state index < -0.39 is 0 Å². The number of likely N-dealkylation sites (tertiary alicyclic amines) is 1. The molecule has 32 heavy (non-hydrogen) atoms. The van der Waals surface area contributed by atoms with Crippen molar-refractivity contribution in [2.75, 3.05) is 18.4 Å². The van der Waals surface area contributed by atoms with E-state index in [4.69, 9.17) is 4.98 Å². The van der Waals surface area contributed by atoms with Gasteiger partial charge >= 0.3 is 0 Å². The average molecular weight is 446 g/mol. The van der Waals surface area contributed by atoms with Gasteiger partial charge in [0.2, 0.25) is 0 Å². The van der Waals surface area contributed by atoms with E-state index in [9.17, 15) is 4.79 Å². The molecular formula is C25H27N5OS. The van der Waals surface area contributed by atoms with Crippen LogP contribution in [0.3, 0.4) is 0 Å². The van der Waals surface area contributed by atoms with Crippen molar-refractivity contribution in [2.45, 2.75) is 39.5 Å². The van der Waals surface area contributed by atoms with Crippen molar-refractivity contribution in [3.63, 3.8) is 0 Å². The highest BCUT2D eigenvalue weighted by Gasteiger charge is 2.27. The summed E-state index contributed by atoms with van der Waals surface area (Å²) in [6.07, 6.45) is 3.87. The lowest BCUT2D eigenvalue weighted by molar-refractivity contribution is 0.0701. The number of amides is 1. The molecule has 0 aliphatic carbocycles. The molecule has 1 amide bonds. The van der Waals surface area contributed by atoms with Gasteiger partial charge in [0.15, 0.2) is 5.13 Å². The van der Waals surface area contributed by atoms with Crippen LogP contribution in [-0.4, -0.2) is 38.8 Å². The number of aromatic nitrogens is 3. The minimum atomic E-state index is 0.0644. The summed E-state index contributed by atoms with van der Waals surface area (Å²) in [4.78, 5) is 29.0. The number of hydrogen-bond donors (Lipinski definition) is 2. The largest absolute Gasteiger partial charge is 0.351 e. The summed E-state index contributed by atoms with van der Waals surface area (Å²) >= 11 is 1.64. The number of fused-ring (bicyclic) bond motifs is 1. The third kappa shape index (κ3) is 4.12. The second kappa shape index (κ2) is 8.39. The number of nitrogens with zero attached hydrogens (tertiary/aromatic N) is 3. The van der Waals surface area contributed by atoms with Crippen LogP contribution >= 0.6 is 11.3 Å². The maximum atomic E-state index is 13.3. The van der Waals surface area contributed by atoms with E-state index in [1.165, 1.54) is 10.4 Å². The van der Waals surface area contributed by atoms with Crippen LogP contribution in [-0.2, 0) is 0 Å². The molecule has 5 rings (SSSR count). The zero-order chi connectivity index (χ0) is 22.2. The molecule has 6 nitrogen and oxygen atoms in total. The van der Waals surface area contributed by atoms with Crippen molar-refractivity contribution in [2.24, 2.45) is 0 Å². The molecule has 164 valence electrons. The van der Waals surface area contributed by atoms with Gasteiger partial charge in [-0.05, 0) is 63.4 Å². The summed E-state index contributed by atoms with van der Waals surface area (Å²) < 4.78 is 0. The molecule has 1 atom stereocenters. The number of anilines is 2. The van der Waals surface area contributed by atoms with E-state index in [1.54, 1.807) is 11.3 Å². The summed E-state index contributed by atoms with van der Waals surface area (Å²) in [5, 5.41) is 5.40. The Kier molecular flexibility index (Phi) is 5.43. The van der Waals surface area contributed by atoms with Gasteiger partial charge in [0, 0.05) is 58.1 Å². The Bertz CT molecular complexity index is 1290. The smallest absolute Gasteiger partial charge is 0.270 e. The normalized spacial score (nSPS) is 16.5. The molecule has 0 spiro atoms. The predicted molar refractivity (Wildman–Crippen MR) is 130 cm³/mol. The van der Waals surface area contributed by atoms with E-state index in [1.807, 2.05) is 49.2 Å². The number of aryl methyl sites for hydroxylation is 3. The van der Waals surface area contributed by atoms with Gasteiger partial charge in [-0.15, -0.1) is 11.3 Å². The number of carbonyl (C=O) groups excluding carboxylic acids is 1. The van der Waals surface area contributed by atoms with Crippen LogP contribution in [0.4, 0.5) is 10.8 Å². The molecular weight excluding hydrogens is 418 g/mol. The van der Waals surface area contributed by atoms with Gasteiger partial charge in [-0.1, -0.05) is 12.1 Å². The summed E-state index contributed by atoms with van der Waals surface area (Å²) in [5.74, 6) is 0.284. The lowest BCUT2D eigenvalue weighted by atomic mass is 9.93. The summed E-state index contributed by atoms with van der Waals surface area (Å²) in [6.45, 7) is 7.59. The second-order valence-electron chi connectivity index (χ2n) is 8.63. The molecule has 0 saturated carbocycles. The number of thiazole rings is 1. The second-order valence-corrected chi connectivity index (χ2v) is 9.87. The maximum Gasteiger partial charge on any atom is 0.270 e. The first-order valence-electron chi connectivity index (χ1n) is 11.0. The molecule has 4 heterocycles. The van der Waals surface area contributed by atoms with Gasteiger partial charge in [-0.3, -0.25) is 9.78 Å². The highest BCUT2D eigenvalue weighted by Crippen LogP contribution is 2.30. The van der Waals surface area contributed by atoms with Crippen molar-refractivity contribution >= 4 is 39.0 Å². The highest BCUT2D eigenvalue weighted by atomic mass is 32.1. The standard InChI is InChI=1S/C25H27N5OS/c1-15-6-4-8-21-20(15)12-23(29-21)24(31)30-9-5-7-18(14-30)22-11-19(10-16(2)27-22)28-25-26-13-17(3)32-25/h4,6,8,10-13,18,29H,5,7,9,14H2,1-3H3,(H,26,27,28)/t18-/m0/s1. The van der Waals surface area contributed by atoms with E-state index in [0.717, 1.165) is 52.5 Å². The lowest BCUT2D eigenvalue weighted by Gasteiger charge is -2.32. The van der Waals surface area contributed by atoms with Crippen LogP contribution in [0.15, 0.2) is 42.6 Å². The fourth-order valence-corrected chi connectivity index (χ4v) is 5.19. The summed E-state index contributed by atoms with van der Waals surface area (Å²) in [7, 11) is 0. The highest BCUT2D eigenvalue weighted by molar-refractivity contribution is 7.15. The minimum absolute atomic E-state index is 0.0644. The first-order valence-corrected chi connectivity index (χ1v) is 11.8. The Morgan fingerprint density at radius 3 is 2.88 bits per heavy atom.